The Balaban J connectivity index is 2.35. The van der Waals surface area contributed by atoms with Crippen LogP contribution in [0.5, 0.6) is 5.75 Å². The fraction of sp³-hybridized carbons (Fsp3) is 0.438. The first-order valence-corrected chi connectivity index (χ1v) is 6.68. The van der Waals surface area contributed by atoms with Gasteiger partial charge in [0.25, 0.3) is 0 Å². The normalized spacial score (nSPS) is 19.1. The predicted octanol–water partition coefficient (Wildman–Crippen LogP) is 2.39. The zero-order chi connectivity index (χ0) is 14.8. The van der Waals surface area contributed by atoms with E-state index in [4.69, 9.17) is 9.47 Å². The monoisotopic (exact) mass is 275 g/mol. The Hall–Kier alpha value is -1.81. The number of carbonyl (C=O) groups is 1. The molecule has 20 heavy (non-hydrogen) atoms. The number of carbonyl (C=O) groups excluding carboxylic acids is 1. The Bertz CT molecular complexity index is 510. The van der Waals surface area contributed by atoms with Gasteiger partial charge in [-0.3, -0.25) is 9.69 Å². The molecule has 1 aromatic carbocycles. The van der Waals surface area contributed by atoms with Crippen molar-refractivity contribution in [2.75, 3.05) is 13.7 Å². The lowest BCUT2D eigenvalue weighted by Gasteiger charge is -2.32. The fourth-order valence-corrected chi connectivity index (χ4v) is 2.54. The smallest absolute Gasteiger partial charge is 0.327 e. The van der Waals surface area contributed by atoms with E-state index in [1.807, 2.05) is 43.0 Å². The van der Waals surface area contributed by atoms with Gasteiger partial charge in [0.1, 0.15) is 17.4 Å². The summed E-state index contributed by atoms with van der Waals surface area (Å²) >= 11 is 0. The summed E-state index contributed by atoms with van der Waals surface area (Å²) in [5.74, 6) is 0.572. The van der Waals surface area contributed by atoms with Gasteiger partial charge in [-0.25, -0.2) is 0 Å². The second-order valence-corrected chi connectivity index (χ2v) is 5.58. The lowest BCUT2D eigenvalue weighted by atomic mass is 10.1. The number of benzene rings is 1. The van der Waals surface area contributed by atoms with Gasteiger partial charge in [-0.15, -0.1) is 6.58 Å². The Labute approximate surface area is 120 Å². The molecule has 0 aromatic heterocycles. The summed E-state index contributed by atoms with van der Waals surface area (Å²) in [4.78, 5) is 13.9. The van der Waals surface area contributed by atoms with Crippen LogP contribution >= 0.6 is 0 Å². The number of para-hydroxylation sites is 1. The van der Waals surface area contributed by atoms with Crippen LogP contribution in [-0.4, -0.2) is 36.2 Å². The molecular weight excluding hydrogens is 254 g/mol. The van der Waals surface area contributed by atoms with Crippen LogP contribution in [0.1, 0.15) is 19.4 Å². The summed E-state index contributed by atoms with van der Waals surface area (Å²) in [7, 11) is 1.40. The zero-order valence-electron chi connectivity index (χ0n) is 12.3. The first-order chi connectivity index (χ1) is 9.46. The number of fused-ring (bicyclic) bond motifs is 1. The van der Waals surface area contributed by atoms with Crippen molar-refractivity contribution in [3.05, 3.63) is 42.5 Å². The van der Waals surface area contributed by atoms with Gasteiger partial charge in [0.05, 0.1) is 7.11 Å². The first kappa shape index (κ1) is 14.6. The second kappa shape index (κ2) is 5.67. The van der Waals surface area contributed by atoms with Crippen molar-refractivity contribution >= 4 is 5.97 Å². The van der Waals surface area contributed by atoms with Crippen molar-refractivity contribution in [2.24, 2.45) is 0 Å². The molecular formula is C16H21NO3. The summed E-state index contributed by atoms with van der Waals surface area (Å²) in [6.07, 6.45) is 1.62. The van der Waals surface area contributed by atoms with E-state index in [-0.39, 0.29) is 11.6 Å². The van der Waals surface area contributed by atoms with Crippen molar-refractivity contribution in [1.29, 1.82) is 0 Å². The van der Waals surface area contributed by atoms with Gasteiger partial charge in [-0.2, -0.15) is 0 Å². The van der Waals surface area contributed by atoms with Gasteiger partial charge in [0.15, 0.2) is 0 Å². The average Bonchev–Trinajstić information content (AvgIpc) is 2.53. The molecule has 0 N–H and O–H groups in total. The predicted molar refractivity (Wildman–Crippen MR) is 77.6 cm³/mol. The maximum absolute atomic E-state index is 11.9. The topological polar surface area (TPSA) is 38.8 Å². The van der Waals surface area contributed by atoms with Gasteiger partial charge in [0.2, 0.25) is 0 Å². The van der Waals surface area contributed by atoms with Gasteiger partial charge in [-0.05, 0) is 19.9 Å². The number of hydrogen-bond acceptors (Lipinski definition) is 4. The fourth-order valence-electron chi connectivity index (χ4n) is 2.54. The van der Waals surface area contributed by atoms with Crippen LogP contribution in [0.4, 0.5) is 0 Å². The number of ether oxygens (including phenoxy) is 2. The molecule has 1 aliphatic heterocycles. The van der Waals surface area contributed by atoms with Gasteiger partial charge in [0, 0.05) is 18.7 Å². The molecule has 0 saturated carbocycles. The molecule has 0 fully saturated rings. The largest absolute Gasteiger partial charge is 0.486 e. The van der Waals surface area contributed by atoms with Crippen molar-refractivity contribution in [3.63, 3.8) is 0 Å². The van der Waals surface area contributed by atoms with Crippen LogP contribution in [-0.2, 0) is 16.1 Å². The molecule has 1 aliphatic rings. The molecule has 1 unspecified atom stereocenters. The summed E-state index contributed by atoms with van der Waals surface area (Å²) in [6.45, 7) is 9.03. The lowest BCUT2D eigenvalue weighted by Crippen LogP contribution is -2.47. The van der Waals surface area contributed by atoms with Crippen LogP contribution in [0.3, 0.4) is 0 Å². The van der Waals surface area contributed by atoms with Gasteiger partial charge in [-0.1, -0.05) is 24.3 Å². The zero-order valence-corrected chi connectivity index (χ0v) is 12.3. The van der Waals surface area contributed by atoms with E-state index in [9.17, 15) is 4.79 Å². The molecule has 4 nitrogen and oxygen atoms in total. The molecule has 4 heteroatoms. The van der Waals surface area contributed by atoms with E-state index in [2.05, 4.69) is 6.58 Å². The number of esters is 1. The maximum atomic E-state index is 11.9. The molecule has 0 radical (unpaired) electrons. The van der Waals surface area contributed by atoms with Gasteiger partial charge >= 0.3 is 5.97 Å². The minimum Gasteiger partial charge on any atom is -0.486 e. The summed E-state index contributed by atoms with van der Waals surface area (Å²) in [6, 6.07) is 7.44. The van der Waals surface area contributed by atoms with E-state index in [0.29, 0.717) is 13.1 Å². The molecule has 1 aromatic rings. The molecule has 2 rings (SSSR count). The summed E-state index contributed by atoms with van der Waals surface area (Å²) in [5.41, 5.74) is 0.677. The minimum absolute atomic E-state index is 0.296. The molecule has 1 atom stereocenters. The van der Waals surface area contributed by atoms with Crippen LogP contribution in [0.25, 0.3) is 0 Å². The van der Waals surface area contributed by atoms with Crippen molar-refractivity contribution in [3.8, 4) is 5.75 Å². The van der Waals surface area contributed by atoms with Crippen LogP contribution in [0.2, 0.25) is 0 Å². The third kappa shape index (κ3) is 3.02. The molecule has 0 saturated heterocycles. The summed E-state index contributed by atoms with van der Waals surface area (Å²) < 4.78 is 10.9. The van der Waals surface area contributed by atoms with Crippen LogP contribution < -0.4 is 4.74 Å². The molecule has 108 valence electrons. The minimum atomic E-state index is -0.464. The standard InChI is InChI=1S/C16H21NO3/c1-5-13(15(18)19-4)17-10-12-8-6-7-9-14(12)20-16(2,3)11-17/h5-9,13H,1,10-11H2,2-4H3. The van der Waals surface area contributed by atoms with Crippen molar-refractivity contribution < 1.29 is 14.3 Å². The highest BCUT2D eigenvalue weighted by Crippen LogP contribution is 2.30. The number of rotatable bonds is 3. The number of hydrogen-bond donors (Lipinski definition) is 0. The summed E-state index contributed by atoms with van der Waals surface area (Å²) in [5, 5.41) is 0. The molecule has 1 heterocycles. The molecule has 0 spiro atoms. The SMILES string of the molecule is C=CC(C(=O)OC)N1Cc2ccccc2OC(C)(C)C1. The van der Waals surface area contributed by atoms with E-state index in [0.717, 1.165) is 11.3 Å². The molecule has 0 aliphatic carbocycles. The third-order valence-corrected chi connectivity index (χ3v) is 3.38. The van der Waals surface area contributed by atoms with E-state index in [1.54, 1.807) is 6.08 Å². The average molecular weight is 275 g/mol. The second-order valence-electron chi connectivity index (χ2n) is 5.58. The highest BCUT2D eigenvalue weighted by atomic mass is 16.5. The Morgan fingerprint density at radius 2 is 2.20 bits per heavy atom. The van der Waals surface area contributed by atoms with Crippen molar-refractivity contribution in [2.45, 2.75) is 32.0 Å². The highest BCUT2D eigenvalue weighted by molar-refractivity contribution is 5.77. The van der Waals surface area contributed by atoms with E-state index < -0.39 is 6.04 Å². The quantitative estimate of drug-likeness (QED) is 0.627. The van der Waals surface area contributed by atoms with E-state index in [1.165, 1.54) is 7.11 Å². The lowest BCUT2D eigenvalue weighted by molar-refractivity contribution is -0.145. The maximum Gasteiger partial charge on any atom is 0.327 e. The molecule has 0 bridgehead atoms. The van der Waals surface area contributed by atoms with Gasteiger partial charge < -0.3 is 9.47 Å². The Morgan fingerprint density at radius 3 is 2.85 bits per heavy atom. The Morgan fingerprint density at radius 1 is 1.50 bits per heavy atom. The molecule has 0 amide bonds. The number of methoxy groups -OCH3 is 1. The highest BCUT2D eigenvalue weighted by Gasteiger charge is 2.34. The van der Waals surface area contributed by atoms with Crippen LogP contribution in [0, 0.1) is 0 Å². The van der Waals surface area contributed by atoms with Crippen molar-refractivity contribution in [1.82, 2.24) is 4.90 Å². The number of nitrogens with zero attached hydrogens (tertiary/aromatic N) is 1. The Kier molecular flexibility index (Phi) is 4.14. The third-order valence-electron chi connectivity index (χ3n) is 3.38. The van der Waals surface area contributed by atoms with E-state index >= 15 is 0 Å². The van der Waals surface area contributed by atoms with Crippen LogP contribution in [0.15, 0.2) is 36.9 Å². The first-order valence-electron chi connectivity index (χ1n) is 6.68.